The fourth-order valence-corrected chi connectivity index (χ4v) is 2.93. The monoisotopic (exact) mass is 327 g/mol. The summed E-state index contributed by atoms with van der Waals surface area (Å²) in [5.41, 5.74) is 13.7. The molecular formula is C18H32N2V. The molecule has 0 spiro atoms. The van der Waals surface area contributed by atoms with E-state index >= 15 is 0 Å². The first-order valence-electron chi connectivity index (χ1n) is 7.77. The molecule has 1 aromatic rings. The molecule has 2 N–H and O–H groups in total. The van der Waals surface area contributed by atoms with Crippen LogP contribution in [0.2, 0.25) is 0 Å². The molecule has 21 heavy (non-hydrogen) atoms. The average Bonchev–Trinajstić information content (AvgIpc) is 2.32. The van der Waals surface area contributed by atoms with Crippen molar-refractivity contribution >= 4 is 11.4 Å². The number of hydrogen-bond donors (Lipinski definition) is 1. The van der Waals surface area contributed by atoms with Crippen molar-refractivity contribution in [1.82, 2.24) is 0 Å². The second-order valence-corrected chi connectivity index (χ2v) is 6.95. The molecule has 0 aliphatic carbocycles. The van der Waals surface area contributed by atoms with Gasteiger partial charge < -0.3 is 10.6 Å². The molecule has 1 rings (SSSR count). The summed E-state index contributed by atoms with van der Waals surface area (Å²) in [7, 11) is 0. The van der Waals surface area contributed by atoms with Crippen LogP contribution < -0.4 is 10.6 Å². The Morgan fingerprint density at radius 2 is 1.10 bits per heavy atom. The van der Waals surface area contributed by atoms with E-state index in [4.69, 9.17) is 5.73 Å². The second-order valence-electron chi connectivity index (χ2n) is 6.95. The molecule has 2 nitrogen and oxygen atoms in total. The maximum Gasteiger partial charge on any atom is 0.0432 e. The van der Waals surface area contributed by atoms with Crippen LogP contribution >= 0.6 is 0 Å². The Hall–Kier alpha value is -0.596. The molecule has 0 bridgehead atoms. The number of benzene rings is 1. The summed E-state index contributed by atoms with van der Waals surface area (Å²) in [6.45, 7) is 20.1. The summed E-state index contributed by atoms with van der Waals surface area (Å²) >= 11 is 0. The number of nitrogen functional groups attached to an aromatic ring is 1. The Bertz CT molecular complexity index is 440. The first-order chi connectivity index (χ1) is 9.16. The van der Waals surface area contributed by atoms with Gasteiger partial charge in [-0.2, -0.15) is 0 Å². The Morgan fingerprint density at radius 1 is 0.762 bits per heavy atom. The number of nitrogens with two attached hydrogens (primary N) is 1. The molecule has 0 unspecified atom stereocenters. The summed E-state index contributed by atoms with van der Waals surface area (Å²) in [4.78, 5) is 2.55. The minimum absolute atomic E-state index is 0. The predicted molar refractivity (Wildman–Crippen MR) is 91.7 cm³/mol. The molecule has 0 atom stereocenters. The van der Waals surface area contributed by atoms with E-state index in [0.29, 0.717) is 11.8 Å². The number of rotatable bonds is 5. The zero-order chi connectivity index (χ0) is 15.6. The Morgan fingerprint density at radius 3 is 1.38 bits per heavy atom. The van der Waals surface area contributed by atoms with E-state index in [1.807, 2.05) is 0 Å². The fourth-order valence-electron chi connectivity index (χ4n) is 2.93. The van der Waals surface area contributed by atoms with Gasteiger partial charge in [-0.25, -0.2) is 0 Å². The van der Waals surface area contributed by atoms with Crippen LogP contribution in [-0.2, 0) is 18.6 Å². The third kappa shape index (κ3) is 4.69. The van der Waals surface area contributed by atoms with Gasteiger partial charge in [0.1, 0.15) is 0 Å². The van der Waals surface area contributed by atoms with Crippen molar-refractivity contribution in [2.75, 3.05) is 23.7 Å². The van der Waals surface area contributed by atoms with Gasteiger partial charge in [0, 0.05) is 43.0 Å². The smallest absolute Gasteiger partial charge is 0.0432 e. The molecule has 0 aromatic heterocycles. The molecule has 119 valence electrons. The van der Waals surface area contributed by atoms with Crippen molar-refractivity contribution in [3.8, 4) is 0 Å². The van der Waals surface area contributed by atoms with E-state index in [9.17, 15) is 0 Å². The topological polar surface area (TPSA) is 29.3 Å². The van der Waals surface area contributed by atoms with Crippen LogP contribution in [-0.4, -0.2) is 13.1 Å². The largest absolute Gasteiger partial charge is 0.398 e. The Balaban J connectivity index is 0.00000400. The summed E-state index contributed by atoms with van der Waals surface area (Å²) < 4.78 is 0. The van der Waals surface area contributed by atoms with Crippen LogP contribution in [0.25, 0.3) is 0 Å². The van der Waals surface area contributed by atoms with E-state index in [1.54, 1.807) is 0 Å². The molecule has 0 heterocycles. The minimum atomic E-state index is 0. The molecule has 3 heteroatoms. The number of hydrogen-bond acceptors (Lipinski definition) is 2. The van der Waals surface area contributed by atoms with Crippen molar-refractivity contribution in [2.24, 2.45) is 11.8 Å². The van der Waals surface area contributed by atoms with E-state index in [0.717, 1.165) is 18.8 Å². The van der Waals surface area contributed by atoms with Gasteiger partial charge in [-0.15, -0.1) is 0 Å². The maximum atomic E-state index is 6.24. The van der Waals surface area contributed by atoms with Crippen molar-refractivity contribution in [1.29, 1.82) is 0 Å². The van der Waals surface area contributed by atoms with Gasteiger partial charge in [0.2, 0.25) is 0 Å². The quantitative estimate of drug-likeness (QED) is 0.800. The predicted octanol–water partition coefficient (Wildman–Crippen LogP) is 4.62. The van der Waals surface area contributed by atoms with Crippen LogP contribution in [0.4, 0.5) is 11.4 Å². The molecule has 0 aliphatic rings. The number of nitrogens with zero attached hydrogens (tertiary/aromatic N) is 1. The second kappa shape index (κ2) is 8.15. The van der Waals surface area contributed by atoms with Crippen molar-refractivity contribution in [3.05, 3.63) is 22.3 Å². The van der Waals surface area contributed by atoms with Crippen LogP contribution in [0.5, 0.6) is 0 Å². The maximum absolute atomic E-state index is 6.24. The first kappa shape index (κ1) is 20.4. The molecular weight excluding hydrogens is 295 g/mol. The van der Waals surface area contributed by atoms with Gasteiger partial charge in [0.15, 0.2) is 0 Å². The van der Waals surface area contributed by atoms with Crippen molar-refractivity contribution in [2.45, 2.75) is 55.4 Å². The van der Waals surface area contributed by atoms with E-state index in [-0.39, 0.29) is 18.6 Å². The fraction of sp³-hybridized carbons (Fsp3) is 0.667. The zero-order valence-electron chi connectivity index (χ0n) is 15.0. The molecule has 0 aliphatic heterocycles. The third-order valence-electron chi connectivity index (χ3n) is 4.13. The van der Waals surface area contributed by atoms with Gasteiger partial charge in [-0.3, -0.25) is 0 Å². The normalized spacial score (nSPS) is 11.0. The third-order valence-corrected chi connectivity index (χ3v) is 4.13. The van der Waals surface area contributed by atoms with Gasteiger partial charge in [0.05, 0.1) is 0 Å². The van der Waals surface area contributed by atoms with E-state index < -0.39 is 0 Å². The molecule has 0 amide bonds. The summed E-state index contributed by atoms with van der Waals surface area (Å²) in [6.07, 6.45) is 0. The van der Waals surface area contributed by atoms with E-state index in [1.165, 1.54) is 27.9 Å². The first-order valence-corrected chi connectivity index (χ1v) is 7.77. The SMILES string of the molecule is Cc1c(C)c(N(CC(C)C)CC(C)C)c(C)c(C)c1N.[V]. The molecule has 0 saturated carbocycles. The average molecular weight is 327 g/mol. The van der Waals surface area contributed by atoms with Crippen LogP contribution in [0.3, 0.4) is 0 Å². The molecule has 1 aromatic carbocycles. The summed E-state index contributed by atoms with van der Waals surface area (Å²) in [5.74, 6) is 1.32. The molecule has 1 radical (unpaired) electrons. The van der Waals surface area contributed by atoms with Gasteiger partial charge in [-0.1, -0.05) is 27.7 Å². The van der Waals surface area contributed by atoms with Crippen LogP contribution in [0.1, 0.15) is 49.9 Å². The summed E-state index contributed by atoms with van der Waals surface area (Å²) in [6, 6.07) is 0. The standard InChI is InChI=1S/C18H32N2.V/c1-11(2)9-20(10-12(3)4)18-15(7)13(5)17(19)14(6)16(18)8;/h11-12H,9-10,19H2,1-8H3;. The summed E-state index contributed by atoms with van der Waals surface area (Å²) in [5, 5.41) is 0. The van der Waals surface area contributed by atoms with Crippen LogP contribution in [0, 0.1) is 39.5 Å². The van der Waals surface area contributed by atoms with Crippen LogP contribution in [0.15, 0.2) is 0 Å². The van der Waals surface area contributed by atoms with Crippen molar-refractivity contribution in [3.63, 3.8) is 0 Å². The van der Waals surface area contributed by atoms with Crippen molar-refractivity contribution < 1.29 is 18.6 Å². The van der Waals surface area contributed by atoms with Gasteiger partial charge >= 0.3 is 0 Å². The zero-order valence-corrected chi connectivity index (χ0v) is 16.4. The molecule has 0 fully saturated rings. The number of anilines is 2. The molecule has 0 saturated heterocycles. The van der Waals surface area contributed by atoms with E-state index in [2.05, 4.69) is 60.3 Å². The Labute approximate surface area is 143 Å². The van der Waals surface area contributed by atoms with Gasteiger partial charge in [-0.05, 0) is 61.8 Å². The Kier molecular flexibility index (Phi) is 7.92. The minimum Gasteiger partial charge on any atom is -0.398 e. The van der Waals surface area contributed by atoms with Gasteiger partial charge in [0.25, 0.3) is 0 Å².